The zero-order valence-corrected chi connectivity index (χ0v) is 9.49. The van der Waals surface area contributed by atoms with Crippen LogP contribution in [0.2, 0.25) is 0 Å². The normalized spacial score (nSPS) is 15.4. The van der Waals surface area contributed by atoms with Crippen LogP contribution in [0.1, 0.15) is 37.3 Å². The van der Waals surface area contributed by atoms with Crippen molar-refractivity contribution in [2.75, 3.05) is 6.54 Å². The minimum absolute atomic E-state index is 0.109. The van der Waals surface area contributed by atoms with Crippen molar-refractivity contribution >= 4 is 5.91 Å². The Balaban J connectivity index is 2.13. The van der Waals surface area contributed by atoms with Crippen molar-refractivity contribution in [2.45, 2.75) is 32.7 Å². The molecule has 0 unspecified atom stereocenters. The van der Waals surface area contributed by atoms with Crippen LogP contribution in [-0.4, -0.2) is 38.6 Å². The zero-order chi connectivity index (χ0) is 11.7. The third kappa shape index (κ3) is 2.32. The highest BCUT2D eigenvalue weighted by molar-refractivity contribution is 5.90. The topological polar surface area (TPSA) is 81.8 Å². The van der Waals surface area contributed by atoms with Crippen molar-refractivity contribution in [1.82, 2.24) is 20.1 Å². The fraction of sp³-hybridized carbons (Fsp3) is 0.700. The van der Waals surface area contributed by atoms with Crippen LogP contribution < -0.4 is 5.69 Å². The van der Waals surface area contributed by atoms with E-state index in [1.165, 1.54) is 0 Å². The second kappa shape index (κ2) is 4.11. The Labute approximate surface area is 93.0 Å². The summed E-state index contributed by atoms with van der Waals surface area (Å²) in [5.74, 6) is 0.335. The summed E-state index contributed by atoms with van der Waals surface area (Å²) >= 11 is 0. The van der Waals surface area contributed by atoms with Crippen LogP contribution in [0.5, 0.6) is 0 Å². The molecule has 0 atom stereocenters. The molecule has 1 aromatic rings. The fourth-order valence-corrected chi connectivity index (χ4v) is 1.68. The zero-order valence-electron chi connectivity index (χ0n) is 9.49. The van der Waals surface area contributed by atoms with Gasteiger partial charge >= 0.3 is 5.69 Å². The maximum absolute atomic E-state index is 12.0. The van der Waals surface area contributed by atoms with Gasteiger partial charge in [-0.15, -0.1) is 5.10 Å². The van der Waals surface area contributed by atoms with Gasteiger partial charge in [-0.05, 0) is 18.8 Å². The molecule has 1 aromatic heterocycles. The number of hydrogen-bond donors (Lipinski definition) is 2. The molecule has 0 aromatic carbocycles. The molecule has 0 bridgehead atoms. The number of aromatic nitrogens is 3. The van der Waals surface area contributed by atoms with E-state index >= 15 is 0 Å². The van der Waals surface area contributed by atoms with Gasteiger partial charge in [0, 0.05) is 12.6 Å². The molecule has 0 radical (unpaired) electrons. The van der Waals surface area contributed by atoms with E-state index in [4.69, 9.17) is 0 Å². The van der Waals surface area contributed by atoms with Crippen molar-refractivity contribution in [3.8, 4) is 0 Å². The molecule has 1 aliphatic carbocycles. The van der Waals surface area contributed by atoms with Gasteiger partial charge in [-0.1, -0.05) is 13.8 Å². The van der Waals surface area contributed by atoms with Crippen LogP contribution in [0.3, 0.4) is 0 Å². The highest BCUT2D eigenvalue weighted by atomic mass is 16.2. The number of carbonyl (C=O) groups is 1. The largest absolute Gasteiger partial charge is 0.341 e. The molecular weight excluding hydrogens is 208 g/mol. The Morgan fingerprint density at radius 1 is 1.56 bits per heavy atom. The van der Waals surface area contributed by atoms with Gasteiger partial charge in [0.15, 0.2) is 0 Å². The molecule has 1 fully saturated rings. The summed E-state index contributed by atoms with van der Waals surface area (Å²) in [5.41, 5.74) is -0.441. The molecule has 0 saturated heterocycles. The monoisotopic (exact) mass is 224 g/mol. The smallest absolute Gasteiger partial charge is 0.333 e. The predicted molar refractivity (Wildman–Crippen MR) is 58.1 cm³/mol. The summed E-state index contributed by atoms with van der Waals surface area (Å²) in [6.07, 6.45) is 2.10. The average molecular weight is 224 g/mol. The molecule has 1 saturated carbocycles. The maximum atomic E-state index is 12.0. The molecular formula is C10H16N4O2. The summed E-state index contributed by atoms with van der Waals surface area (Å²) in [7, 11) is 0. The van der Waals surface area contributed by atoms with Gasteiger partial charge in [0.2, 0.25) is 5.82 Å². The molecule has 6 nitrogen and oxygen atoms in total. The number of nitrogens with one attached hydrogen (secondary N) is 2. The summed E-state index contributed by atoms with van der Waals surface area (Å²) in [5, 5.41) is 5.88. The Kier molecular flexibility index (Phi) is 2.80. The molecule has 0 spiro atoms. The Morgan fingerprint density at radius 3 is 2.69 bits per heavy atom. The molecule has 1 amide bonds. The maximum Gasteiger partial charge on any atom is 0.341 e. The van der Waals surface area contributed by atoms with E-state index in [9.17, 15) is 9.59 Å². The SMILES string of the molecule is CC(C)CN(C(=O)c1n[nH]c(=O)[nH]1)C1CC1. The van der Waals surface area contributed by atoms with Crippen LogP contribution >= 0.6 is 0 Å². The van der Waals surface area contributed by atoms with Gasteiger partial charge in [-0.2, -0.15) is 0 Å². The van der Waals surface area contributed by atoms with Crippen molar-refractivity contribution in [2.24, 2.45) is 5.92 Å². The lowest BCUT2D eigenvalue weighted by atomic mass is 10.2. The number of rotatable bonds is 4. The number of H-pyrrole nitrogens is 2. The summed E-state index contributed by atoms with van der Waals surface area (Å²) in [4.78, 5) is 27.1. The first kappa shape index (κ1) is 10.9. The van der Waals surface area contributed by atoms with Crippen LogP contribution in [0.4, 0.5) is 0 Å². The van der Waals surface area contributed by atoms with E-state index in [2.05, 4.69) is 29.0 Å². The van der Waals surface area contributed by atoms with Crippen LogP contribution in [0.15, 0.2) is 4.79 Å². The molecule has 2 rings (SSSR count). The number of amides is 1. The average Bonchev–Trinajstić information content (AvgIpc) is 2.96. The molecule has 16 heavy (non-hydrogen) atoms. The Bertz CT molecular complexity index is 430. The standard InChI is InChI=1S/C10H16N4O2/c1-6(2)5-14(7-3-4-7)9(15)8-11-10(16)13-12-8/h6-7H,3-5H2,1-2H3,(H2,11,12,13,16). The fourth-order valence-electron chi connectivity index (χ4n) is 1.68. The van der Waals surface area contributed by atoms with Gasteiger partial charge < -0.3 is 4.90 Å². The first-order valence-corrected chi connectivity index (χ1v) is 5.53. The predicted octanol–water partition coefficient (Wildman–Crippen LogP) is 0.359. The van der Waals surface area contributed by atoms with Gasteiger partial charge in [0.1, 0.15) is 0 Å². The highest BCUT2D eigenvalue weighted by Crippen LogP contribution is 2.28. The Morgan fingerprint density at radius 2 is 2.25 bits per heavy atom. The molecule has 88 valence electrons. The minimum atomic E-state index is -0.441. The lowest BCUT2D eigenvalue weighted by molar-refractivity contribution is 0.0710. The molecule has 1 aliphatic rings. The van der Waals surface area contributed by atoms with Crippen LogP contribution in [0, 0.1) is 5.92 Å². The summed E-state index contributed by atoms with van der Waals surface area (Å²) in [6.45, 7) is 4.84. The molecule has 1 heterocycles. The van der Waals surface area contributed by atoms with E-state index < -0.39 is 5.69 Å². The highest BCUT2D eigenvalue weighted by Gasteiger charge is 2.34. The van der Waals surface area contributed by atoms with E-state index in [0.29, 0.717) is 18.5 Å². The first-order valence-electron chi connectivity index (χ1n) is 5.53. The van der Waals surface area contributed by atoms with Crippen LogP contribution in [-0.2, 0) is 0 Å². The van der Waals surface area contributed by atoms with Gasteiger partial charge in [-0.25, -0.2) is 9.89 Å². The van der Waals surface area contributed by atoms with E-state index in [0.717, 1.165) is 12.8 Å². The lowest BCUT2D eigenvalue weighted by Crippen LogP contribution is -2.36. The molecule has 0 aliphatic heterocycles. The van der Waals surface area contributed by atoms with Crippen LogP contribution in [0.25, 0.3) is 0 Å². The molecule has 2 N–H and O–H groups in total. The van der Waals surface area contributed by atoms with Crippen molar-refractivity contribution in [3.05, 3.63) is 16.3 Å². The minimum Gasteiger partial charge on any atom is -0.333 e. The van der Waals surface area contributed by atoms with Crippen molar-refractivity contribution < 1.29 is 4.79 Å². The number of hydrogen-bond acceptors (Lipinski definition) is 3. The summed E-state index contributed by atoms with van der Waals surface area (Å²) < 4.78 is 0. The van der Waals surface area contributed by atoms with E-state index in [1.807, 2.05) is 0 Å². The van der Waals surface area contributed by atoms with E-state index in [-0.39, 0.29) is 11.7 Å². The second-order valence-electron chi connectivity index (χ2n) is 4.61. The van der Waals surface area contributed by atoms with Crippen molar-refractivity contribution in [1.29, 1.82) is 0 Å². The van der Waals surface area contributed by atoms with Gasteiger partial charge in [0.05, 0.1) is 0 Å². The lowest BCUT2D eigenvalue weighted by Gasteiger charge is -2.22. The van der Waals surface area contributed by atoms with Crippen molar-refractivity contribution in [3.63, 3.8) is 0 Å². The summed E-state index contributed by atoms with van der Waals surface area (Å²) in [6, 6.07) is 0.329. The quantitative estimate of drug-likeness (QED) is 0.774. The van der Waals surface area contributed by atoms with E-state index in [1.54, 1.807) is 4.90 Å². The Hall–Kier alpha value is -1.59. The number of nitrogens with zero attached hydrogens (tertiary/aromatic N) is 2. The van der Waals surface area contributed by atoms with Gasteiger partial charge in [-0.3, -0.25) is 9.78 Å². The number of aromatic amines is 2. The van der Waals surface area contributed by atoms with Gasteiger partial charge in [0.25, 0.3) is 5.91 Å². The second-order valence-corrected chi connectivity index (χ2v) is 4.61. The third-order valence-electron chi connectivity index (χ3n) is 2.51. The molecule has 6 heteroatoms. The number of carbonyl (C=O) groups excluding carboxylic acids is 1. The first-order chi connectivity index (χ1) is 7.58. The third-order valence-corrected chi connectivity index (χ3v) is 2.51.